The number of hydrogen-bond acceptors (Lipinski definition) is 4. The Kier molecular flexibility index (Phi) is 6.01. The smallest absolute Gasteiger partial charge is 0.410 e. The van der Waals surface area contributed by atoms with E-state index in [0.29, 0.717) is 18.7 Å². The maximum atomic E-state index is 12.3. The van der Waals surface area contributed by atoms with Gasteiger partial charge in [0.25, 0.3) is 0 Å². The molecule has 1 saturated heterocycles. The van der Waals surface area contributed by atoms with Gasteiger partial charge in [0, 0.05) is 12.2 Å². The van der Waals surface area contributed by atoms with Crippen molar-refractivity contribution >= 4 is 23.6 Å². The zero-order valence-electron chi connectivity index (χ0n) is 14.9. The number of nitrogens with zero attached hydrogens (tertiary/aromatic N) is 1. The fraction of sp³-hybridized carbons (Fsp3) is 0.500. The summed E-state index contributed by atoms with van der Waals surface area (Å²) in [5.74, 6) is -0.659. The normalized spacial score (nSPS) is 17.1. The summed E-state index contributed by atoms with van der Waals surface area (Å²) in [7, 11) is 0. The van der Waals surface area contributed by atoms with E-state index in [0.717, 1.165) is 6.42 Å². The molecule has 1 atom stereocenters. The molecule has 2 N–H and O–H groups in total. The molecule has 2 rings (SSSR count). The van der Waals surface area contributed by atoms with Crippen molar-refractivity contribution in [3.8, 4) is 0 Å². The average molecular weight is 347 g/mol. The van der Waals surface area contributed by atoms with E-state index in [4.69, 9.17) is 4.74 Å². The summed E-state index contributed by atoms with van der Waals surface area (Å²) >= 11 is 0. The molecule has 1 heterocycles. The average Bonchev–Trinajstić information content (AvgIpc) is 3.02. The molecule has 0 aromatic heterocycles. The first kappa shape index (κ1) is 18.8. The number of para-hydroxylation sites is 1. The van der Waals surface area contributed by atoms with Crippen molar-refractivity contribution in [1.29, 1.82) is 0 Å². The molecule has 1 unspecified atom stereocenters. The van der Waals surface area contributed by atoms with E-state index < -0.39 is 17.7 Å². The van der Waals surface area contributed by atoms with E-state index in [1.165, 1.54) is 4.90 Å². The van der Waals surface area contributed by atoms with Crippen LogP contribution in [-0.4, -0.2) is 47.5 Å². The highest BCUT2D eigenvalue weighted by atomic mass is 16.6. The SMILES string of the molecule is CC(C)(C)OC(=O)N1CCCC1C(=O)NCC(=O)Nc1ccccc1. The molecule has 1 aromatic carbocycles. The third-order valence-electron chi connectivity index (χ3n) is 3.66. The summed E-state index contributed by atoms with van der Waals surface area (Å²) in [4.78, 5) is 37.9. The number of nitrogens with one attached hydrogen (secondary N) is 2. The van der Waals surface area contributed by atoms with Gasteiger partial charge in [0.2, 0.25) is 11.8 Å². The quantitative estimate of drug-likeness (QED) is 0.873. The molecule has 25 heavy (non-hydrogen) atoms. The first-order valence-electron chi connectivity index (χ1n) is 8.38. The molecule has 3 amide bonds. The summed E-state index contributed by atoms with van der Waals surface area (Å²) in [5, 5.41) is 5.29. The first-order valence-corrected chi connectivity index (χ1v) is 8.38. The molecule has 1 aliphatic heterocycles. The van der Waals surface area contributed by atoms with E-state index >= 15 is 0 Å². The van der Waals surface area contributed by atoms with Crippen LogP contribution in [0.15, 0.2) is 30.3 Å². The maximum absolute atomic E-state index is 12.3. The van der Waals surface area contributed by atoms with Gasteiger partial charge in [0.15, 0.2) is 0 Å². The molecular formula is C18H25N3O4. The van der Waals surface area contributed by atoms with Crippen LogP contribution < -0.4 is 10.6 Å². The van der Waals surface area contributed by atoms with Crippen LogP contribution >= 0.6 is 0 Å². The van der Waals surface area contributed by atoms with E-state index in [1.54, 1.807) is 32.9 Å². The van der Waals surface area contributed by atoms with Gasteiger partial charge in [-0.15, -0.1) is 0 Å². The molecule has 1 aromatic rings. The molecule has 0 bridgehead atoms. The molecule has 0 spiro atoms. The van der Waals surface area contributed by atoms with Crippen molar-refractivity contribution in [2.75, 3.05) is 18.4 Å². The Labute approximate surface area is 147 Å². The first-order chi connectivity index (χ1) is 11.8. The van der Waals surface area contributed by atoms with Crippen molar-refractivity contribution in [2.24, 2.45) is 0 Å². The summed E-state index contributed by atoms with van der Waals surface area (Å²) in [6.07, 6.45) is 0.790. The molecule has 1 fully saturated rings. The van der Waals surface area contributed by atoms with Crippen molar-refractivity contribution in [3.05, 3.63) is 30.3 Å². The largest absolute Gasteiger partial charge is 0.444 e. The van der Waals surface area contributed by atoms with E-state index in [2.05, 4.69) is 10.6 Å². The van der Waals surface area contributed by atoms with E-state index in [-0.39, 0.29) is 18.4 Å². The van der Waals surface area contributed by atoms with Gasteiger partial charge in [-0.1, -0.05) is 18.2 Å². The van der Waals surface area contributed by atoms with Gasteiger partial charge >= 0.3 is 6.09 Å². The van der Waals surface area contributed by atoms with E-state index in [9.17, 15) is 14.4 Å². The fourth-order valence-electron chi connectivity index (χ4n) is 2.59. The lowest BCUT2D eigenvalue weighted by molar-refractivity contribution is -0.127. The van der Waals surface area contributed by atoms with Crippen LogP contribution in [-0.2, 0) is 14.3 Å². The zero-order chi connectivity index (χ0) is 18.4. The van der Waals surface area contributed by atoms with Gasteiger partial charge < -0.3 is 15.4 Å². The Bertz CT molecular complexity index is 625. The number of anilines is 1. The molecule has 1 aliphatic rings. The summed E-state index contributed by atoms with van der Waals surface area (Å²) in [6.45, 7) is 5.67. The maximum Gasteiger partial charge on any atom is 0.410 e. The Morgan fingerprint density at radius 3 is 2.52 bits per heavy atom. The minimum absolute atomic E-state index is 0.146. The van der Waals surface area contributed by atoms with Crippen LogP contribution in [0, 0.1) is 0 Å². The number of amides is 3. The van der Waals surface area contributed by atoms with Gasteiger partial charge in [0.1, 0.15) is 11.6 Å². The predicted molar refractivity (Wildman–Crippen MR) is 94.0 cm³/mol. The Hall–Kier alpha value is -2.57. The second-order valence-corrected chi connectivity index (χ2v) is 6.96. The lowest BCUT2D eigenvalue weighted by atomic mass is 10.2. The fourth-order valence-corrected chi connectivity index (χ4v) is 2.59. The Morgan fingerprint density at radius 2 is 1.88 bits per heavy atom. The third kappa shape index (κ3) is 5.77. The number of carbonyl (C=O) groups is 3. The molecule has 0 radical (unpaired) electrons. The Balaban J connectivity index is 1.85. The number of ether oxygens (including phenoxy) is 1. The molecule has 7 heteroatoms. The summed E-state index contributed by atoms with van der Waals surface area (Å²) in [6, 6.07) is 8.40. The van der Waals surface area contributed by atoms with Gasteiger partial charge in [-0.2, -0.15) is 0 Å². The number of hydrogen-bond donors (Lipinski definition) is 2. The minimum atomic E-state index is -0.615. The predicted octanol–water partition coefficient (Wildman–Crippen LogP) is 2.14. The van der Waals surface area contributed by atoms with Crippen LogP contribution in [0.5, 0.6) is 0 Å². The van der Waals surface area contributed by atoms with Crippen molar-refractivity contribution in [3.63, 3.8) is 0 Å². The highest BCUT2D eigenvalue weighted by Gasteiger charge is 2.36. The van der Waals surface area contributed by atoms with Gasteiger partial charge in [-0.05, 0) is 45.7 Å². The highest BCUT2D eigenvalue weighted by Crippen LogP contribution is 2.20. The lowest BCUT2D eigenvalue weighted by Gasteiger charge is -2.28. The molecule has 136 valence electrons. The van der Waals surface area contributed by atoms with Crippen LogP contribution in [0.1, 0.15) is 33.6 Å². The second kappa shape index (κ2) is 8.00. The molecular weight excluding hydrogens is 322 g/mol. The molecule has 7 nitrogen and oxygen atoms in total. The van der Waals surface area contributed by atoms with Crippen LogP contribution in [0.4, 0.5) is 10.5 Å². The minimum Gasteiger partial charge on any atom is -0.444 e. The zero-order valence-corrected chi connectivity index (χ0v) is 14.9. The monoisotopic (exact) mass is 347 g/mol. The number of rotatable bonds is 4. The van der Waals surface area contributed by atoms with Gasteiger partial charge in [-0.25, -0.2) is 4.79 Å². The second-order valence-electron chi connectivity index (χ2n) is 6.96. The number of benzene rings is 1. The van der Waals surface area contributed by atoms with Crippen LogP contribution in [0.3, 0.4) is 0 Å². The third-order valence-corrected chi connectivity index (χ3v) is 3.66. The lowest BCUT2D eigenvalue weighted by Crippen LogP contribution is -2.48. The number of carbonyl (C=O) groups excluding carboxylic acids is 3. The van der Waals surface area contributed by atoms with E-state index in [1.807, 2.05) is 18.2 Å². The topological polar surface area (TPSA) is 87.7 Å². The summed E-state index contributed by atoms with van der Waals surface area (Å²) < 4.78 is 5.33. The van der Waals surface area contributed by atoms with Crippen LogP contribution in [0.25, 0.3) is 0 Å². The standard InChI is InChI=1S/C18H25N3O4/c1-18(2,3)25-17(24)21-11-7-10-14(21)16(23)19-12-15(22)20-13-8-5-4-6-9-13/h4-6,8-9,14H,7,10-12H2,1-3H3,(H,19,23)(H,20,22). The van der Waals surface area contributed by atoms with Crippen molar-refractivity contribution < 1.29 is 19.1 Å². The molecule has 0 aliphatic carbocycles. The van der Waals surface area contributed by atoms with Crippen molar-refractivity contribution in [2.45, 2.75) is 45.3 Å². The van der Waals surface area contributed by atoms with Crippen LogP contribution in [0.2, 0.25) is 0 Å². The van der Waals surface area contributed by atoms with Gasteiger partial charge in [0.05, 0.1) is 6.54 Å². The van der Waals surface area contributed by atoms with Gasteiger partial charge in [-0.3, -0.25) is 14.5 Å². The summed E-state index contributed by atoms with van der Waals surface area (Å²) in [5.41, 5.74) is 0.0500. The molecule has 0 saturated carbocycles. The highest BCUT2D eigenvalue weighted by molar-refractivity contribution is 5.95. The van der Waals surface area contributed by atoms with Crippen molar-refractivity contribution in [1.82, 2.24) is 10.2 Å². The Morgan fingerprint density at radius 1 is 1.20 bits per heavy atom. The number of likely N-dealkylation sites (tertiary alicyclic amines) is 1.